The van der Waals surface area contributed by atoms with Crippen molar-refractivity contribution in [1.82, 2.24) is 9.88 Å². The molecule has 1 N–H and O–H groups in total. The summed E-state index contributed by atoms with van der Waals surface area (Å²) in [5.74, 6) is 0.768. The highest BCUT2D eigenvalue weighted by atomic mass is 16.5. The molecule has 0 spiro atoms. The molecule has 0 atom stereocenters. The minimum absolute atomic E-state index is 0.488. The van der Waals surface area contributed by atoms with E-state index in [-0.39, 0.29) is 0 Å². The van der Waals surface area contributed by atoms with Crippen molar-refractivity contribution in [3.8, 4) is 11.8 Å². The van der Waals surface area contributed by atoms with E-state index in [0.717, 1.165) is 47.6 Å². The lowest BCUT2D eigenvalue weighted by Crippen LogP contribution is -2.11. The van der Waals surface area contributed by atoms with Gasteiger partial charge in [0.2, 0.25) is 0 Å². The van der Waals surface area contributed by atoms with E-state index in [2.05, 4.69) is 42.5 Å². The van der Waals surface area contributed by atoms with Crippen molar-refractivity contribution in [2.24, 2.45) is 0 Å². The Labute approximate surface area is 167 Å². The molecule has 5 nitrogen and oxygen atoms in total. The van der Waals surface area contributed by atoms with Gasteiger partial charge in [-0.3, -0.25) is 0 Å². The maximum absolute atomic E-state index is 9.89. The van der Waals surface area contributed by atoms with E-state index in [1.807, 2.05) is 30.4 Å². The number of nitrogens with one attached hydrogen (secondary N) is 1. The molecule has 0 saturated heterocycles. The van der Waals surface area contributed by atoms with Crippen LogP contribution in [-0.4, -0.2) is 38.0 Å². The number of hydrogen-bond acceptors (Lipinski definition) is 4. The number of aryl methyl sites for hydroxylation is 1. The zero-order valence-electron chi connectivity index (χ0n) is 17.0. The number of fused-ring (bicyclic) bond motifs is 1. The largest absolute Gasteiger partial charge is 0.491 e. The lowest BCUT2D eigenvalue weighted by Gasteiger charge is -2.10. The number of methoxy groups -OCH3 is 1. The van der Waals surface area contributed by atoms with Crippen molar-refractivity contribution in [3.63, 3.8) is 0 Å². The zero-order chi connectivity index (χ0) is 20.4. The van der Waals surface area contributed by atoms with Gasteiger partial charge in [-0.2, -0.15) is 5.26 Å². The topological polar surface area (TPSA) is 59.2 Å². The first-order valence-electron chi connectivity index (χ1n) is 9.60. The molecule has 0 amide bonds. The van der Waals surface area contributed by atoms with Crippen LogP contribution in [0, 0.1) is 11.3 Å². The first-order chi connectivity index (χ1) is 13.7. The highest BCUT2D eigenvalue weighted by Gasteiger charge is 2.18. The number of nitrogens with zero attached hydrogens (tertiary/aromatic N) is 2. The molecule has 0 aliphatic heterocycles. The number of aromatic nitrogens is 1. The second-order valence-electron chi connectivity index (χ2n) is 6.17. The van der Waals surface area contributed by atoms with Crippen LogP contribution in [-0.2, 0) is 11.3 Å². The van der Waals surface area contributed by atoms with Gasteiger partial charge in [0, 0.05) is 31.7 Å². The first kappa shape index (κ1) is 21.5. The Bertz CT molecular complexity index is 901. The molecule has 2 rings (SSSR count). The number of hydrogen-bond donors (Lipinski definition) is 1. The molecule has 0 radical (unpaired) electrons. The Hall–Kier alpha value is -2.81. The first-order valence-corrected chi connectivity index (χ1v) is 9.60. The quantitative estimate of drug-likeness (QED) is 0.467. The van der Waals surface area contributed by atoms with Crippen LogP contribution in [0.15, 0.2) is 49.1 Å². The Kier molecular flexibility index (Phi) is 8.54. The molecular weight excluding hydrogens is 350 g/mol. The summed E-state index contributed by atoms with van der Waals surface area (Å²) in [6.07, 6.45) is 7.81. The van der Waals surface area contributed by atoms with E-state index < -0.39 is 0 Å². The van der Waals surface area contributed by atoms with Crippen LogP contribution in [0.4, 0.5) is 0 Å². The summed E-state index contributed by atoms with van der Waals surface area (Å²) in [6.45, 7) is 11.4. The number of nitriles is 1. The smallest absolute Gasteiger partial charge is 0.121 e. The number of benzene rings is 1. The van der Waals surface area contributed by atoms with Crippen LogP contribution in [0.1, 0.15) is 25.1 Å². The van der Waals surface area contributed by atoms with Gasteiger partial charge in [-0.1, -0.05) is 37.8 Å². The molecule has 0 unspecified atom stereocenters. The van der Waals surface area contributed by atoms with Crippen LogP contribution in [0.3, 0.4) is 0 Å². The van der Waals surface area contributed by atoms with Gasteiger partial charge in [-0.15, -0.1) is 0 Å². The average molecular weight is 380 g/mol. The zero-order valence-corrected chi connectivity index (χ0v) is 17.0. The van der Waals surface area contributed by atoms with Crippen LogP contribution >= 0.6 is 0 Å². The Balaban J connectivity index is 2.56. The van der Waals surface area contributed by atoms with Gasteiger partial charge in [-0.25, -0.2) is 0 Å². The molecular formula is C23H29N3O2. The third-order valence-corrected chi connectivity index (χ3v) is 4.40. The van der Waals surface area contributed by atoms with Crippen molar-refractivity contribution < 1.29 is 9.47 Å². The van der Waals surface area contributed by atoms with Crippen LogP contribution in [0.2, 0.25) is 0 Å². The summed E-state index contributed by atoms with van der Waals surface area (Å²) in [5.41, 5.74) is 3.52. The molecule has 2 aromatic rings. The predicted octanol–water partition coefficient (Wildman–Crippen LogP) is 4.29. The molecule has 0 aliphatic rings. The number of likely N-dealkylation sites (N-methyl/N-ethyl adjacent to an activating group) is 1. The monoisotopic (exact) mass is 379 g/mol. The summed E-state index contributed by atoms with van der Waals surface area (Å²) in [6, 6.07) is 8.25. The fourth-order valence-electron chi connectivity index (χ4n) is 3.16. The summed E-state index contributed by atoms with van der Waals surface area (Å²) in [4.78, 5) is 0. The molecule has 1 heterocycles. The van der Waals surface area contributed by atoms with Gasteiger partial charge in [0.25, 0.3) is 0 Å². The second-order valence-corrected chi connectivity index (χ2v) is 6.17. The summed E-state index contributed by atoms with van der Waals surface area (Å²) >= 11 is 0. The second kappa shape index (κ2) is 11.1. The third-order valence-electron chi connectivity index (χ3n) is 4.40. The molecule has 0 fully saturated rings. The lowest BCUT2D eigenvalue weighted by atomic mass is 10.1. The molecule has 5 heteroatoms. The van der Waals surface area contributed by atoms with Crippen LogP contribution in [0.5, 0.6) is 5.75 Å². The fourth-order valence-corrected chi connectivity index (χ4v) is 3.16. The predicted molar refractivity (Wildman–Crippen MR) is 116 cm³/mol. The van der Waals surface area contributed by atoms with E-state index in [1.165, 1.54) is 0 Å². The average Bonchev–Trinajstić information content (AvgIpc) is 3.03. The number of allylic oxidation sites excluding steroid dienone is 4. The van der Waals surface area contributed by atoms with Crippen molar-refractivity contribution >= 4 is 16.5 Å². The van der Waals surface area contributed by atoms with Crippen LogP contribution < -0.4 is 10.1 Å². The van der Waals surface area contributed by atoms with Crippen molar-refractivity contribution in [3.05, 3.63) is 60.3 Å². The minimum Gasteiger partial charge on any atom is -0.491 e. The fraction of sp³-hybridized carbons (Fsp3) is 0.348. The minimum atomic E-state index is 0.488. The van der Waals surface area contributed by atoms with Crippen molar-refractivity contribution in [1.29, 1.82) is 5.26 Å². The summed E-state index contributed by atoms with van der Waals surface area (Å²) in [7, 11) is 1.65. The SMILES string of the molecule is C=C/C=C(\C=C/CNCC)c1c(C#N)c2ccc(OCCOC)cc2n1CC. The van der Waals surface area contributed by atoms with Gasteiger partial charge >= 0.3 is 0 Å². The van der Waals surface area contributed by atoms with E-state index in [9.17, 15) is 5.26 Å². The van der Waals surface area contributed by atoms with E-state index >= 15 is 0 Å². The standard InChI is InChI=1S/C23H29N3O2/c1-5-9-18(10-8-13-25-6-2)23-21(17-24)20-12-11-19(28-15-14-27-4)16-22(20)26(23)7-3/h5,8-12,16,25H,1,6-7,13-15H2,2-4H3/b10-8-,18-9+. The van der Waals surface area contributed by atoms with Gasteiger partial charge in [-0.05, 0) is 31.2 Å². The van der Waals surface area contributed by atoms with Gasteiger partial charge < -0.3 is 19.4 Å². The number of rotatable bonds is 11. The van der Waals surface area contributed by atoms with E-state index in [4.69, 9.17) is 9.47 Å². The summed E-state index contributed by atoms with van der Waals surface area (Å²) in [5, 5.41) is 14.1. The highest BCUT2D eigenvalue weighted by molar-refractivity contribution is 5.95. The summed E-state index contributed by atoms with van der Waals surface area (Å²) < 4.78 is 13.0. The third kappa shape index (κ3) is 4.92. The molecule has 0 bridgehead atoms. The molecule has 28 heavy (non-hydrogen) atoms. The molecule has 0 aliphatic carbocycles. The maximum atomic E-state index is 9.89. The number of ether oxygens (including phenoxy) is 2. The lowest BCUT2D eigenvalue weighted by molar-refractivity contribution is 0.146. The molecule has 1 aromatic heterocycles. The molecule has 0 saturated carbocycles. The Morgan fingerprint density at radius 1 is 1.32 bits per heavy atom. The van der Waals surface area contributed by atoms with Crippen molar-refractivity contribution in [2.75, 3.05) is 33.4 Å². The van der Waals surface area contributed by atoms with E-state index in [1.54, 1.807) is 13.2 Å². The van der Waals surface area contributed by atoms with Crippen molar-refractivity contribution in [2.45, 2.75) is 20.4 Å². The maximum Gasteiger partial charge on any atom is 0.121 e. The van der Waals surface area contributed by atoms with Gasteiger partial charge in [0.05, 0.1) is 23.4 Å². The van der Waals surface area contributed by atoms with Gasteiger partial charge in [0.1, 0.15) is 18.4 Å². The Morgan fingerprint density at radius 3 is 2.79 bits per heavy atom. The van der Waals surface area contributed by atoms with Gasteiger partial charge in [0.15, 0.2) is 0 Å². The highest BCUT2D eigenvalue weighted by Crippen LogP contribution is 2.33. The normalized spacial score (nSPS) is 11.9. The van der Waals surface area contributed by atoms with E-state index in [0.29, 0.717) is 18.8 Å². The van der Waals surface area contributed by atoms with Crippen LogP contribution in [0.25, 0.3) is 16.5 Å². The molecule has 1 aromatic carbocycles. The Morgan fingerprint density at radius 2 is 2.14 bits per heavy atom. The molecule has 148 valence electrons.